The largest absolute Gasteiger partial charge is 0.489 e. The molecule has 0 atom stereocenters. The van der Waals surface area contributed by atoms with E-state index in [1.54, 1.807) is 0 Å². The lowest BCUT2D eigenvalue weighted by Gasteiger charge is -2.15. The predicted octanol–water partition coefficient (Wildman–Crippen LogP) is 5.09. The number of anilines is 1. The Morgan fingerprint density at radius 2 is 2.00 bits per heavy atom. The maximum absolute atomic E-state index is 11.7. The number of hydrogen-bond acceptors (Lipinski definition) is 2. The number of nitrogens with one attached hydrogen (secondary N) is 1. The predicted molar refractivity (Wildman–Crippen MR) is 103 cm³/mol. The highest BCUT2D eigenvalue weighted by Crippen LogP contribution is 2.26. The van der Waals surface area contributed by atoms with Crippen molar-refractivity contribution in [2.24, 2.45) is 0 Å². The Balaban J connectivity index is 2.22. The van der Waals surface area contributed by atoms with Gasteiger partial charge in [0.1, 0.15) is 12.4 Å². The maximum Gasteiger partial charge on any atom is 0.224 e. The van der Waals surface area contributed by atoms with Gasteiger partial charge in [0.2, 0.25) is 5.91 Å². The van der Waals surface area contributed by atoms with Crippen LogP contribution < -0.4 is 10.1 Å². The van der Waals surface area contributed by atoms with Crippen LogP contribution in [0.3, 0.4) is 0 Å². The first-order chi connectivity index (χ1) is 11.0. The number of carbonyl (C=O) groups is 1. The van der Waals surface area contributed by atoms with E-state index in [4.69, 9.17) is 4.74 Å². The highest BCUT2D eigenvalue weighted by atomic mass is 127. The molecule has 2 aromatic rings. The molecule has 122 valence electrons. The number of benzene rings is 2. The zero-order valence-electron chi connectivity index (χ0n) is 13.8. The minimum atomic E-state index is 0.0119. The summed E-state index contributed by atoms with van der Waals surface area (Å²) in [5, 5.41) is 2.95. The van der Waals surface area contributed by atoms with Crippen LogP contribution in [0.1, 0.15) is 37.0 Å². The Morgan fingerprint density at radius 3 is 2.70 bits per heavy atom. The van der Waals surface area contributed by atoms with E-state index in [1.807, 2.05) is 31.2 Å². The van der Waals surface area contributed by atoms with E-state index in [9.17, 15) is 4.79 Å². The summed E-state index contributed by atoms with van der Waals surface area (Å²) in [5.41, 5.74) is 4.28. The normalized spacial score (nSPS) is 10.4. The summed E-state index contributed by atoms with van der Waals surface area (Å²) in [6.07, 6.45) is 1.39. The summed E-state index contributed by atoms with van der Waals surface area (Å²) in [4.78, 5) is 11.7. The molecular weight excluding hydrogens is 401 g/mol. The van der Waals surface area contributed by atoms with Gasteiger partial charge in [-0.3, -0.25) is 4.79 Å². The summed E-state index contributed by atoms with van der Waals surface area (Å²) in [7, 11) is 0. The van der Waals surface area contributed by atoms with Crippen LogP contribution in [-0.2, 0) is 17.8 Å². The van der Waals surface area contributed by atoms with Gasteiger partial charge in [-0.1, -0.05) is 37.6 Å². The minimum Gasteiger partial charge on any atom is -0.489 e. The second-order valence-electron chi connectivity index (χ2n) is 5.42. The quantitative estimate of drug-likeness (QED) is 0.658. The third-order valence-electron chi connectivity index (χ3n) is 3.68. The van der Waals surface area contributed by atoms with E-state index in [0.717, 1.165) is 27.0 Å². The van der Waals surface area contributed by atoms with Gasteiger partial charge in [-0.05, 0) is 59.7 Å². The first-order valence-corrected chi connectivity index (χ1v) is 8.92. The van der Waals surface area contributed by atoms with Gasteiger partial charge in [-0.25, -0.2) is 0 Å². The lowest BCUT2D eigenvalue weighted by Crippen LogP contribution is -2.13. The SMILES string of the molecule is CCC(=O)Nc1cccc(I)c1COc1ccc(C)cc1CC. The van der Waals surface area contributed by atoms with Gasteiger partial charge in [0.05, 0.1) is 0 Å². The van der Waals surface area contributed by atoms with Gasteiger partial charge in [0.25, 0.3) is 0 Å². The average molecular weight is 423 g/mol. The van der Waals surface area contributed by atoms with Crippen molar-refractivity contribution in [3.05, 3.63) is 56.7 Å². The third kappa shape index (κ3) is 4.70. The molecule has 1 amide bonds. The summed E-state index contributed by atoms with van der Waals surface area (Å²) >= 11 is 2.28. The molecule has 2 rings (SSSR count). The highest BCUT2D eigenvalue weighted by molar-refractivity contribution is 14.1. The summed E-state index contributed by atoms with van der Waals surface area (Å²) in [6.45, 7) is 6.50. The zero-order chi connectivity index (χ0) is 16.8. The average Bonchev–Trinajstić information content (AvgIpc) is 2.55. The van der Waals surface area contributed by atoms with Crippen molar-refractivity contribution in [2.75, 3.05) is 5.32 Å². The fraction of sp³-hybridized carbons (Fsp3) is 0.316. The highest BCUT2D eigenvalue weighted by Gasteiger charge is 2.11. The topological polar surface area (TPSA) is 38.3 Å². The summed E-state index contributed by atoms with van der Waals surface area (Å²) in [5.74, 6) is 0.920. The lowest BCUT2D eigenvalue weighted by molar-refractivity contribution is -0.115. The third-order valence-corrected chi connectivity index (χ3v) is 4.69. The molecule has 23 heavy (non-hydrogen) atoms. The second kappa shape index (κ2) is 8.34. The van der Waals surface area contributed by atoms with Gasteiger partial charge >= 0.3 is 0 Å². The molecule has 0 aliphatic carbocycles. The van der Waals surface area contributed by atoms with Crippen LogP contribution >= 0.6 is 22.6 Å². The van der Waals surface area contributed by atoms with Crippen LogP contribution in [0.25, 0.3) is 0 Å². The Labute approximate surface area is 151 Å². The van der Waals surface area contributed by atoms with Gasteiger partial charge in [-0.15, -0.1) is 0 Å². The van der Waals surface area contributed by atoms with E-state index in [-0.39, 0.29) is 5.91 Å². The van der Waals surface area contributed by atoms with Crippen molar-refractivity contribution in [1.82, 2.24) is 0 Å². The molecule has 0 radical (unpaired) electrons. The molecule has 0 aromatic heterocycles. The van der Waals surface area contributed by atoms with Crippen LogP contribution in [0.15, 0.2) is 36.4 Å². The first-order valence-electron chi connectivity index (χ1n) is 7.84. The molecule has 0 saturated carbocycles. The van der Waals surface area contributed by atoms with Crippen molar-refractivity contribution >= 4 is 34.2 Å². The maximum atomic E-state index is 11.7. The number of rotatable bonds is 6. The molecule has 0 bridgehead atoms. The molecule has 4 heteroatoms. The van der Waals surface area contributed by atoms with Crippen molar-refractivity contribution < 1.29 is 9.53 Å². The number of hydrogen-bond donors (Lipinski definition) is 1. The molecule has 0 spiro atoms. The smallest absolute Gasteiger partial charge is 0.224 e. The molecule has 0 aliphatic rings. The van der Waals surface area contributed by atoms with Crippen LogP contribution in [0.4, 0.5) is 5.69 Å². The van der Waals surface area contributed by atoms with E-state index >= 15 is 0 Å². The van der Waals surface area contributed by atoms with Crippen molar-refractivity contribution in [3.8, 4) is 5.75 Å². The minimum absolute atomic E-state index is 0.0119. The molecule has 0 heterocycles. The second-order valence-corrected chi connectivity index (χ2v) is 6.58. The van der Waals surface area contributed by atoms with Crippen molar-refractivity contribution in [3.63, 3.8) is 0 Å². The van der Waals surface area contributed by atoms with Gasteiger partial charge < -0.3 is 10.1 Å². The van der Waals surface area contributed by atoms with E-state index in [2.05, 4.69) is 53.9 Å². The molecule has 0 unspecified atom stereocenters. The Bertz CT molecular complexity index is 698. The first kappa shape index (κ1) is 17.8. The molecule has 0 fully saturated rings. The van der Waals surface area contributed by atoms with E-state index in [1.165, 1.54) is 11.1 Å². The monoisotopic (exact) mass is 423 g/mol. The number of aryl methyl sites for hydroxylation is 2. The molecule has 0 saturated heterocycles. The fourth-order valence-electron chi connectivity index (χ4n) is 2.34. The lowest BCUT2D eigenvalue weighted by atomic mass is 10.1. The molecule has 2 aromatic carbocycles. The van der Waals surface area contributed by atoms with Crippen LogP contribution in [-0.4, -0.2) is 5.91 Å². The zero-order valence-corrected chi connectivity index (χ0v) is 15.9. The number of ether oxygens (including phenoxy) is 1. The fourth-order valence-corrected chi connectivity index (χ4v) is 2.99. The Morgan fingerprint density at radius 1 is 1.22 bits per heavy atom. The number of halogens is 1. The van der Waals surface area contributed by atoms with Gasteiger partial charge in [0.15, 0.2) is 0 Å². The number of amides is 1. The number of carbonyl (C=O) groups excluding carboxylic acids is 1. The van der Waals surface area contributed by atoms with E-state index in [0.29, 0.717) is 13.0 Å². The van der Waals surface area contributed by atoms with Gasteiger partial charge in [-0.2, -0.15) is 0 Å². The van der Waals surface area contributed by atoms with Gasteiger partial charge in [0, 0.05) is 21.2 Å². The Hall–Kier alpha value is -1.56. The van der Waals surface area contributed by atoms with Crippen molar-refractivity contribution in [2.45, 2.75) is 40.2 Å². The molecule has 1 N–H and O–H groups in total. The summed E-state index contributed by atoms with van der Waals surface area (Å²) in [6, 6.07) is 12.1. The molecule has 0 aliphatic heterocycles. The standard InChI is InChI=1S/C19H22INO2/c1-4-14-11-13(3)9-10-18(14)23-12-15-16(20)7-6-8-17(15)21-19(22)5-2/h6-11H,4-5,12H2,1-3H3,(H,21,22). The summed E-state index contributed by atoms with van der Waals surface area (Å²) < 4.78 is 7.13. The molecule has 3 nitrogen and oxygen atoms in total. The van der Waals surface area contributed by atoms with Crippen LogP contribution in [0.2, 0.25) is 0 Å². The molecular formula is C19H22INO2. The van der Waals surface area contributed by atoms with E-state index < -0.39 is 0 Å². The van der Waals surface area contributed by atoms with Crippen LogP contribution in [0.5, 0.6) is 5.75 Å². The van der Waals surface area contributed by atoms with Crippen LogP contribution in [0, 0.1) is 10.5 Å². The van der Waals surface area contributed by atoms with Crippen molar-refractivity contribution in [1.29, 1.82) is 0 Å². The Kier molecular flexibility index (Phi) is 6.45.